The van der Waals surface area contributed by atoms with Crippen LogP contribution in [0.5, 0.6) is 0 Å². The molecule has 2 rings (SSSR count). The fourth-order valence-electron chi connectivity index (χ4n) is 2.15. The lowest BCUT2D eigenvalue weighted by molar-refractivity contribution is 0.0526. The van der Waals surface area contributed by atoms with Crippen molar-refractivity contribution in [3.05, 3.63) is 59.7 Å². The Bertz CT molecular complexity index is 923. The molecule has 0 heterocycles. The number of nitrogens with one attached hydrogen (secondary N) is 1. The molecule has 0 aliphatic rings. The van der Waals surface area contributed by atoms with Crippen LogP contribution in [0.1, 0.15) is 27.6 Å². The lowest BCUT2D eigenvalue weighted by Gasteiger charge is -2.12. The third kappa shape index (κ3) is 4.47. The number of sulfonamides is 1. The van der Waals surface area contributed by atoms with E-state index in [0.717, 1.165) is 4.31 Å². The molecule has 0 aliphatic carbocycles. The lowest BCUT2D eigenvalue weighted by atomic mass is 10.1. The molecule has 0 radical (unpaired) electrons. The fraction of sp³-hybridized carbons (Fsp3) is 0.222. The third-order valence-electron chi connectivity index (χ3n) is 3.51. The summed E-state index contributed by atoms with van der Waals surface area (Å²) in [6.07, 6.45) is 0. The molecular formula is C18H20N2O5S. The Morgan fingerprint density at radius 1 is 1.04 bits per heavy atom. The Kier molecular flexibility index (Phi) is 6.12. The zero-order valence-electron chi connectivity index (χ0n) is 14.7. The van der Waals surface area contributed by atoms with Crippen molar-refractivity contribution >= 4 is 27.6 Å². The van der Waals surface area contributed by atoms with Crippen LogP contribution < -0.4 is 5.32 Å². The molecule has 8 heteroatoms. The van der Waals surface area contributed by atoms with E-state index >= 15 is 0 Å². The van der Waals surface area contributed by atoms with Gasteiger partial charge in [-0.05, 0) is 43.3 Å². The van der Waals surface area contributed by atoms with E-state index in [4.69, 9.17) is 4.74 Å². The number of amides is 1. The van der Waals surface area contributed by atoms with Gasteiger partial charge in [0.05, 0.1) is 17.1 Å². The molecule has 0 aliphatic heterocycles. The predicted molar refractivity (Wildman–Crippen MR) is 97.7 cm³/mol. The normalized spacial score (nSPS) is 11.2. The minimum atomic E-state index is -3.64. The van der Waals surface area contributed by atoms with Gasteiger partial charge in [0.1, 0.15) is 0 Å². The van der Waals surface area contributed by atoms with Crippen LogP contribution in [0.3, 0.4) is 0 Å². The molecule has 26 heavy (non-hydrogen) atoms. The molecule has 1 N–H and O–H groups in total. The molecule has 0 unspecified atom stereocenters. The number of ether oxygens (including phenoxy) is 1. The van der Waals surface area contributed by atoms with Crippen LogP contribution in [0.15, 0.2) is 53.4 Å². The van der Waals surface area contributed by atoms with Crippen molar-refractivity contribution in [2.24, 2.45) is 0 Å². The number of hydrogen-bond donors (Lipinski definition) is 1. The van der Waals surface area contributed by atoms with Gasteiger partial charge in [-0.25, -0.2) is 17.5 Å². The van der Waals surface area contributed by atoms with E-state index in [0.29, 0.717) is 11.3 Å². The number of benzene rings is 2. The molecular weight excluding hydrogens is 356 g/mol. The zero-order valence-corrected chi connectivity index (χ0v) is 15.5. The molecule has 2 aromatic rings. The molecule has 0 aromatic heterocycles. The van der Waals surface area contributed by atoms with E-state index in [9.17, 15) is 18.0 Å². The first-order chi connectivity index (χ1) is 12.3. The summed E-state index contributed by atoms with van der Waals surface area (Å²) in [6.45, 7) is 1.96. The van der Waals surface area contributed by atoms with E-state index in [1.165, 1.54) is 44.4 Å². The van der Waals surface area contributed by atoms with Gasteiger partial charge in [0, 0.05) is 25.3 Å². The van der Waals surface area contributed by atoms with Gasteiger partial charge in [-0.1, -0.05) is 12.1 Å². The second-order valence-corrected chi connectivity index (χ2v) is 7.72. The predicted octanol–water partition coefficient (Wildman–Crippen LogP) is 2.37. The summed E-state index contributed by atoms with van der Waals surface area (Å²) in [6, 6.07) is 12.1. The Hall–Kier alpha value is -2.71. The number of rotatable bonds is 6. The second-order valence-electron chi connectivity index (χ2n) is 5.57. The number of anilines is 1. The largest absolute Gasteiger partial charge is 0.462 e. The quantitative estimate of drug-likeness (QED) is 0.782. The lowest BCUT2D eigenvalue weighted by Crippen LogP contribution is -2.22. The number of nitrogens with zero attached hydrogens (tertiary/aromatic N) is 1. The maximum Gasteiger partial charge on any atom is 0.338 e. The molecule has 0 fully saturated rings. The minimum Gasteiger partial charge on any atom is -0.462 e. The standard InChI is InChI=1S/C18H20N2O5S/c1-4-25-18(22)14-8-5-9-15(11-14)19-17(21)13-7-6-10-16(12-13)26(23,24)20(2)3/h5-12H,4H2,1-3H3,(H,19,21). The van der Waals surface area contributed by atoms with Crippen molar-refractivity contribution < 1.29 is 22.7 Å². The van der Waals surface area contributed by atoms with Crippen molar-refractivity contribution in [2.75, 3.05) is 26.0 Å². The van der Waals surface area contributed by atoms with Crippen LogP contribution in [-0.2, 0) is 14.8 Å². The Balaban J connectivity index is 2.24. The van der Waals surface area contributed by atoms with Crippen molar-refractivity contribution in [3.63, 3.8) is 0 Å². The first kappa shape index (κ1) is 19.6. The molecule has 0 saturated carbocycles. The van der Waals surface area contributed by atoms with E-state index in [1.54, 1.807) is 25.1 Å². The molecule has 138 valence electrons. The highest BCUT2D eigenvalue weighted by Gasteiger charge is 2.19. The summed E-state index contributed by atoms with van der Waals surface area (Å²) < 4.78 is 30.4. The SMILES string of the molecule is CCOC(=O)c1cccc(NC(=O)c2cccc(S(=O)(=O)N(C)C)c2)c1. The Morgan fingerprint density at radius 2 is 1.69 bits per heavy atom. The molecule has 2 aromatic carbocycles. The van der Waals surface area contributed by atoms with Gasteiger partial charge in [-0.2, -0.15) is 0 Å². The van der Waals surface area contributed by atoms with Crippen molar-refractivity contribution in [2.45, 2.75) is 11.8 Å². The summed E-state index contributed by atoms with van der Waals surface area (Å²) in [7, 11) is -0.799. The van der Waals surface area contributed by atoms with Crippen molar-refractivity contribution in [1.29, 1.82) is 0 Å². The van der Waals surface area contributed by atoms with Gasteiger partial charge in [0.15, 0.2) is 0 Å². The smallest absolute Gasteiger partial charge is 0.338 e. The average Bonchev–Trinajstić information content (AvgIpc) is 2.62. The molecule has 0 saturated heterocycles. The van der Waals surface area contributed by atoms with Crippen LogP contribution in [0.2, 0.25) is 0 Å². The Morgan fingerprint density at radius 3 is 2.35 bits per heavy atom. The van der Waals surface area contributed by atoms with Crippen molar-refractivity contribution in [1.82, 2.24) is 4.31 Å². The van der Waals surface area contributed by atoms with Gasteiger partial charge in [-0.15, -0.1) is 0 Å². The van der Waals surface area contributed by atoms with Crippen LogP contribution in [0.25, 0.3) is 0 Å². The van der Waals surface area contributed by atoms with E-state index in [-0.39, 0.29) is 17.1 Å². The van der Waals surface area contributed by atoms with Gasteiger partial charge < -0.3 is 10.1 Å². The molecule has 7 nitrogen and oxygen atoms in total. The molecule has 0 spiro atoms. The second kappa shape index (κ2) is 8.11. The maximum atomic E-state index is 12.4. The maximum absolute atomic E-state index is 12.4. The Labute approximate surface area is 152 Å². The highest BCUT2D eigenvalue weighted by molar-refractivity contribution is 7.89. The monoisotopic (exact) mass is 376 g/mol. The van der Waals surface area contributed by atoms with Crippen LogP contribution >= 0.6 is 0 Å². The molecule has 0 bridgehead atoms. The minimum absolute atomic E-state index is 0.0235. The average molecular weight is 376 g/mol. The highest BCUT2D eigenvalue weighted by Crippen LogP contribution is 2.17. The zero-order chi connectivity index (χ0) is 19.3. The van der Waals surface area contributed by atoms with Gasteiger partial charge >= 0.3 is 5.97 Å². The van der Waals surface area contributed by atoms with E-state index in [2.05, 4.69) is 5.32 Å². The first-order valence-corrected chi connectivity index (χ1v) is 9.31. The summed E-state index contributed by atoms with van der Waals surface area (Å²) in [4.78, 5) is 24.2. The van der Waals surface area contributed by atoms with Crippen LogP contribution in [0, 0.1) is 0 Å². The van der Waals surface area contributed by atoms with Crippen LogP contribution in [0.4, 0.5) is 5.69 Å². The molecule has 0 atom stereocenters. The number of carbonyl (C=O) groups is 2. The van der Waals surface area contributed by atoms with Gasteiger partial charge in [-0.3, -0.25) is 4.79 Å². The van der Waals surface area contributed by atoms with Crippen LogP contribution in [-0.4, -0.2) is 45.3 Å². The van der Waals surface area contributed by atoms with Gasteiger partial charge in [0.2, 0.25) is 10.0 Å². The molecule has 1 amide bonds. The highest BCUT2D eigenvalue weighted by atomic mass is 32.2. The summed E-state index contributed by atoms with van der Waals surface area (Å²) in [5, 5.41) is 2.65. The van der Waals surface area contributed by atoms with Gasteiger partial charge in [0.25, 0.3) is 5.91 Å². The third-order valence-corrected chi connectivity index (χ3v) is 5.32. The van der Waals surface area contributed by atoms with E-state index < -0.39 is 21.9 Å². The summed E-state index contributed by atoms with van der Waals surface area (Å²) >= 11 is 0. The van der Waals surface area contributed by atoms with E-state index in [1.807, 2.05) is 0 Å². The number of carbonyl (C=O) groups excluding carboxylic acids is 2. The first-order valence-electron chi connectivity index (χ1n) is 7.87. The van der Waals surface area contributed by atoms with Crippen molar-refractivity contribution in [3.8, 4) is 0 Å². The fourth-order valence-corrected chi connectivity index (χ4v) is 3.10. The number of esters is 1. The summed E-state index contributed by atoms with van der Waals surface area (Å²) in [5.74, 6) is -0.968. The summed E-state index contributed by atoms with van der Waals surface area (Å²) in [5.41, 5.74) is 0.907. The topological polar surface area (TPSA) is 92.8 Å². The number of hydrogen-bond acceptors (Lipinski definition) is 5.